The Labute approximate surface area is 111 Å². The van der Waals surface area contributed by atoms with E-state index in [-0.39, 0.29) is 19.8 Å². The lowest BCUT2D eigenvalue weighted by atomic mass is 10.2. The molecule has 0 spiro atoms. The molecule has 104 valence electrons. The molecule has 0 bridgehead atoms. The Balaban J connectivity index is 2.62. The van der Waals surface area contributed by atoms with Crippen molar-refractivity contribution in [2.75, 3.05) is 18.5 Å². The first-order valence-corrected chi connectivity index (χ1v) is 5.98. The first-order chi connectivity index (χ1) is 9.17. The van der Waals surface area contributed by atoms with Gasteiger partial charge in [0.1, 0.15) is 6.61 Å². The van der Waals surface area contributed by atoms with Crippen LogP contribution in [0.3, 0.4) is 0 Å². The number of para-hydroxylation sites is 1. The number of carbonyl (C=O) groups is 2. The Hall–Kier alpha value is -2.24. The van der Waals surface area contributed by atoms with Gasteiger partial charge in [-0.05, 0) is 19.9 Å². The van der Waals surface area contributed by atoms with Crippen molar-refractivity contribution in [3.05, 3.63) is 29.8 Å². The molecule has 0 atom stereocenters. The van der Waals surface area contributed by atoms with Crippen LogP contribution in [0.5, 0.6) is 0 Å². The summed E-state index contributed by atoms with van der Waals surface area (Å²) < 4.78 is 14.3. The summed E-state index contributed by atoms with van der Waals surface area (Å²) in [4.78, 5) is 22.4. The SMILES string of the molecule is CCOC(=O)Nc1ccccc1COC(=O)OCC. The van der Waals surface area contributed by atoms with E-state index in [1.54, 1.807) is 38.1 Å². The van der Waals surface area contributed by atoms with E-state index in [4.69, 9.17) is 9.47 Å². The highest BCUT2D eigenvalue weighted by atomic mass is 16.7. The largest absolute Gasteiger partial charge is 0.508 e. The van der Waals surface area contributed by atoms with Crippen molar-refractivity contribution in [3.63, 3.8) is 0 Å². The fraction of sp³-hybridized carbons (Fsp3) is 0.385. The first-order valence-electron chi connectivity index (χ1n) is 5.98. The molecule has 0 aliphatic rings. The third-order valence-electron chi connectivity index (χ3n) is 2.14. The predicted octanol–water partition coefficient (Wildman–Crippen LogP) is 2.93. The minimum absolute atomic E-state index is 0.0153. The van der Waals surface area contributed by atoms with Gasteiger partial charge in [0.25, 0.3) is 0 Å². The molecule has 0 aliphatic heterocycles. The van der Waals surface area contributed by atoms with Gasteiger partial charge in [-0.15, -0.1) is 0 Å². The molecule has 0 fully saturated rings. The lowest BCUT2D eigenvalue weighted by Crippen LogP contribution is -2.15. The monoisotopic (exact) mass is 267 g/mol. The zero-order chi connectivity index (χ0) is 14.1. The van der Waals surface area contributed by atoms with E-state index < -0.39 is 12.2 Å². The van der Waals surface area contributed by atoms with Crippen molar-refractivity contribution < 1.29 is 23.8 Å². The zero-order valence-electron chi connectivity index (χ0n) is 11.0. The summed E-state index contributed by atoms with van der Waals surface area (Å²) >= 11 is 0. The molecule has 19 heavy (non-hydrogen) atoms. The van der Waals surface area contributed by atoms with E-state index in [9.17, 15) is 9.59 Å². The van der Waals surface area contributed by atoms with E-state index in [0.29, 0.717) is 11.3 Å². The molecule has 1 amide bonds. The summed E-state index contributed by atoms with van der Waals surface area (Å²) in [6, 6.07) is 6.97. The van der Waals surface area contributed by atoms with E-state index >= 15 is 0 Å². The Kier molecular flexibility index (Phi) is 6.21. The molecular formula is C13H17NO5. The minimum Gasteiger partial charge on any atom is -0.450 e. The van der Waals surface area contributed by atoms with Crippen LogP contribution in [0, 0.1) is 0 Å². The maximum atomic E-state index is 11.3. The van der Waals surface area contributed by atoms with Crippen LogP contribution in [-0.2, 0) is 20.8 Å². The molecule has 0 saturated carbocycles. The van der Waals surface area contributed by atoms with Crippen molar-refractivity contribution in [1.29, 1.82) is 0 Å². The van der Waals surface area contributed by atoms with Gasteiger partial charge < -0.3 is 14.2 Å². The van der Waals surface area contributed by atoms with E-state index in [1.165, 1.54) is 0 Å². The van der Waals surface area contributed by atoms with Crippen molar-refractivity contribution in [1.82, 2.24) is 0 Å². The number of anilines is 1. The minimum atomic E-state index is -0.742. The third-order valence-corrected chi connectivity index (χ3v) is 2.14. The number of benzene rings is 1. The van der Waals surface area contributed by atoms with E-state index in [2.05, 4.69) is 10.1 Å². The van der Waals surface area contributed by atoms with Crippen LogP contribution in [0.25, 0.3) is 0 Å². The Morgan fingerprint density at radius 2 is 1.74 bits per heavy atom. The normalized spacial score (nSPS) is 9.58. The topological polar surface area (TPSA) is 73.9 Å². The van der Waals surface area contributed by atoms with Crippen molar-refractivity contribution in [2.24, 2.45) is 0 Å². The number of hydrogen-bond donors (Lipinski definition) is 1. The number of amides is 1. The average molecular weight is 267 g/mol. The van der Waals surface area contributed by atoms with Gasteiger partial charge in [0.05, 0.1) is 18.9 Å². The molecular weight excluding hydrogens is 250 g/mol. The summed E-state index contributed by atoms with van der Waals surface area (Å²) in [5.41, 5.74) is 1.19. The van der Waals surface area contributed by atoms with Gasteiger partial charge in [-0.3, -0.25) is 5.32 Å². The fourth-order valence-corrected chi connectivity index (χ4v) is 1.34. The van der Waals surface area contributed by atoms with E-state index in [0.717, 1.165) is 0 Å². The summed E-state index contributed by atoms with van der Waals surface area (Å²) in [5.74, 6) is 0. The van der Waals surface area contributed by atoms with Gasteiger partial charge in [0.2, 0.25) is 0 Å². The smallest absolute Gasteiger partial charge is 0.450 e. The van der Waals surface area contributed by atoms with Gasteiger partial charge in [0.15, 0.2) is 0 Å². The summed E-state index contributed by atoms with van der Waals surface area (Å²) in [6.45, 7) is 3.96. The molecule has 1 aromatic rings. The molecule has 1 aromatic carbocycles. The molecule has 0 aromatic heterocycles. The molecule has 1 N–H and O–H groups in total. The fourth-order valence-electron chi connectivity index (χ4n) is 1.34. The predicted molar refractivity (Wildman–Crippen MR) is 68.9 cm³/mol. The summed E-state index contributed by atoms with van der Waals surface area (Å²) in [7, 11) is 0. The Morgan fingerprint density at radius 1 is 1.05 bits per heavy atom. The number of hydrogen-bond acceptors (Lipinski definition) is 5. The summed E-state index contributed by atoms with van der Waals surface area (Å²) in [6.07, 6.45) is -1.29. The second-order valence-electron chi connectivity index (χ2n) is 3.47. The van der Waals surface area contributed by atoms with Gasteiger partial charge >= 0.3 is 12.2 Å². The highest BCUT2D eigenvalue weighted by Gasteiger charge is 2.09. The zero-order valence-corrected chi connectivity index (χ0v) is 11.0. The lowest BCUT2D eigenvalue weighted by molar-refractivity contribution is 0.0537. The molecule has 0 saturated heterocycles. The van der Waals surface area contributed by atoms with Crippen molar-refractivity contribution >= 4 is 17.9 Å². The van der Waals surface area contributed by atoms with Crippen LogP contribution in [0.4, 0.5) is 15.3 Å². The molecule has 6 heteroatoms. The maximum Gasteiger partial charge on any atom is 0.508 e. The van der Waals surface area contributed by atoms with Crippen molar-refractivity contribution in [3.8, 4) is 0 Å². The third kappa shape index (κ3) is 5.29. The Morgan fingerprint density at radius 3 is 2.42 bits per heavy atom. The van der Waals surface area contributed by atoms with Crippen LogP contribution in [0.1, 0.15) is 19.4 Å². The lowest BCUT2D eigenvalue weighted by Gasteiger charge is -2.11. The van der Waals surface area contributed by atoms with Crippen LogP contribution in [-0.4, -0.2) is 25.5 Å². The first kappa shape index (κ1) is 14.8. The Bertz CT molecular complexity index is 433. The van der Waals surface area contributed by atoms with Gasteiger partial charge in [-0.2, -0.15) is 0 Å². The number of nitrogens with one attached hydrogen (secondary N) is 1. The van der Waals surface area contributed by atoms with Crippen LogP contribution in [0.15, 0.2) is 24.3 Å². The molecule has 0 aliphatic carbocycles. The van der Waals surface area contributed by atoms with Gasteiger partial charge in [-0.25, -0.2) is 9.59 Å². The number of ether oxygens (including phenoxy) is 3. The van der Waals surface area contributed by atoms with Gasteiger partial charge in [-0.1, -0.05) is 18.2 Å². The van der Waals surface area contributed by atoms with Gasteiger partial charge in [0, 0.05) is 5.56 Å². The van der Waals surface area contributed by atoms with Crippen LogP contribution >= 0.6 is 0 Å². The maximum absolute atomic E-state index is 11.3. The average Bonchev–Trinajstić information content (AvgIpc) is 2.38. The highest BCUT2D eigenvalue weighted by Crippen LogP contribution is 2.16. The standard InChI is InChI=1S/C13H17NO5/c1-3-17-12(15)14-11-8-6-5-7-10(11)9-19-13(16)18-4-2/h5-8H,3-4,9H2,1-2H3,(H,14,15). The van der Waals surface area contributed by atoms with E-state index in [1.807, 2.05) is 0 Å². The molecule has 0 radical (unpaired) electrons. The quantitative estimate of drug-likeness (QED) is 0.830. The molecule has 6 nitrogen and oxygen atoms in total. The van der Waals surface area contributed by atoms with Crippen LogP contribution in [0.2, 0.25) is 0 Å². The van der Waals surface area contributed by atoms with Crippen molar-refractivity contribution in [2.45, 2.75) is 20.5 Å². The molecule has 0 heterocycles. The second kappa shape index (κ2) is 7.97. The summed E-state index contributed by atoms with van der Waals surface area (Å²) in [5, 5.41) is 2.57. The number of carbonyl (C=O) groups excluding carboxylic acids is 2. The highest BCUT2D eigenvalue weighted by molar-refractivity contribution is 5.85. The molecule has 1 rings (SSSR count). The van der Waals surface area contributed by atoms with Crippen LogP contribution < -0.4 is 5.32 Å². The molecule has 0 unspecified atom stereocenters. The number of rotatable bonds is 5. The second-order valence-corrected chi connectivity index (χ2v) is 3.47.